The molecule has 1 aliphatic rings. The van der Waals surface area contributed by atoms with E-state index >= 15 is 0 Å². The van der Waals surface area contributed by atoms with E-state index < -0.39 is 6.10 Å². The molecule has 0 saturated heterocycles. The highest BCUT2D eigenvalue weighted by atomic mass is 16.6. The molecule has 1 aromatic rings. The molecule has 0 aromatic heterocycles. The maximum Gasteiger partial charge on any atom is 0.161 e. The lowest BCUT2D eigenvalue weighted by Gasteiger charge is -2.24. The van der Waals surface area contributed by atoms with Crippen LogP contribution in [0.2, 0.25) is 0 Å². The molecule has 0 bridgehead atoms. The van der Waals surface area contributed by atoms with Gasteiger partial charge in [-0.05, 0) is 50.0 Å². The van der Waals surface area contributed by atoms with Crippen molar-refractivity contribution in [2.75, 3.05) is 32.8 Å². The van der Waals surface area contributed by atoms with Crippen LogP contribution < -0.4 is 9.47 Å². The van der Waals surface area contributed by atoms with Crippen LogP contribution in [0.15, 0.2) is 18.2 Å². The van der Waals surface area contributed by atoms with Crippen molar-refractivity contribution in [1.29, 1.82) is 0 Å². The summed E-state index contributed by atoms with van der Waals surface area (Å²) >= 11 is 0. The van der Waals surface area contributed by atoms with E-state index in [0.29, 0.717) is 13.2 Å². The van der Waals surface area contributed by atoms with Gasteiger partial charge in [0.1, 0.15) is 13.2 Å². The molecular weight excluding hydrogens is 290 g/mol. The smallest absolute Gasteiger partial charge is 0.161 e. The maximum atomic E-state index is 10.5. The molecule has 0 radical (unpaired) electrons. The van der Waals surface area contributed by atoms with E-state index in [1.165, 1.54) is 25.7 Å². The van der Waals surface area contributed by atoms with Gasteiger partial charge < -0.3 is 19.5 Å². The van der Waals surface area contributed by atoms with Gasteiger partial charge in [0.2, 0.25) is 0 Å². The Kier molecular flexibility index (Phi) is 7.69. The number of fused-ring (bicyclic) bond motifs is 1. The van der Waals surface area contributed by atoms with Crippen LogP contribution in [0.4, 0.5) is 0 Å². The average Bonchev–Trinajstić information content (AvgIpc) is 2.60. The van der Waals surface area contributed by atoms with E-state index in [4.69, 9.17) is 9.47 Å². The molecule has 1 N–H and O–H groups in total. The van der Waals surface area contributed by atoms with E-state index in [-0.39, 0.29) is 0 Å². The third-order valence-corrected chi connectivity index (χ3v) is 4.33. The van der Waals surface area contributed by atoms with Gasteiger partial charge in [0.05, 0.1) is 6.10 Å². The summed E-state index contributed by atoms with van der Waals surface area (Å²) < 4.78 is 11.1. The fraction of sp³-hybridized carbons (Fsp3) is 0.684. The summed E-state index contributed by atoms with van der Waals surface area (Å²) in [5.41, 5.74) is 0.917. The molecule has 1 atom stereocenters. The Bertz CT molecular complexity index is 456. The van der Waals surface area contributed by atoms with Crippen molar-refractivity contribution in [3.05, 3.63) is 23.8 Å². The Labute approximate surface area is 140 Å². The first-order chi connectivity index (χ1) is 11.2. The fourth-order valence-corrected chi connectivity index (χ4v) is 2.84. The normalized spacial score (nSPS) is 15.0. The van der Waals surface area contributed by atoms with Crippen molar-refractivity contribution >= 4 is 0 Å². The summed E-state index contributed by atoms with van der Waals surface area (Å²) in [6.07, 6.45) is 5.19. The van der Waals surface area contributed by atoms with E-state index in [2.05, 4.69) is 18.7 Å². The Morgan fingerprint density at radius 1 is 1.00 bits per heavy atom. The quantitative estimate of drug-likeness (QED) is 0.712. The Balaban J connectivity index is 1.87. The number of hydrogen-bond donors (Lipinski definition) is 1. The molecule has 2 rings (SSSR count). The molecule has 1 unspecified atom stereocenters. The number of nitrogens with zero attached hydrogens (tertiary/aromatic N) is 1. The number of rotatable bonds is 10. The van der Waals surface area contributed by atoms with Crippen LogP contribution in [-0.2, 0) is 0 Å². The zero-order chi connectivity index (χ0) is 16.5. The van der Waals surface area contributed by atoms with E-state index in [1.807, 2.05) is 18.2 Å². The molecular formula is C19H31NO3. The predicted octanol–water partition coefficient (Wildman–Crippen LogP) is 3.78. The van der Waals surface area contributed by atoms with Crippen molar-refractivity contribution in [2.24, 2.45) is 0 Å². The lowest BCUT2D eigenvalue weighted by Crippen LogP contribution is -2.28. The second kappa shape index (κ2) is 9.78. The first kappa shape index (κ1) is 18.1. The third kappa shape index (κ3) is 5.70. The van der Waals surface area contributed by atoms with Crippen LogP contribution in [0.25, 0.3) is 0 Å². The molecule has 0 amide bonds. The lowest BCUT2D eigenvalue weighted by molar-refractivity contribution is 0.138. The van der Waals surface area contributed by atoms with Gasteiger partial charge in [0.25, 0.3) is 0 Å². The summed E-state index contributed by atoms with van der Waals surface area (Å²) in [6.45, 7) is 8.82. The van der Waals surface area contributed by atoms with Gasteiger partial charge in [-0.15, -0.1) is 0 Å². The van der Waals surface area contributed by atoms with Crippen molar-refractivity contribution < 1.29 is 14.6 Å². The Hall–Kier alpha value is -1.26. The van der Waals surface area contributed by atoms with Crippen molar-refractivity contribution in [3.8, 4) is 11.5 Å². The highest BCUT2D eigenvalue weighted by Gasteiger charge is 2.16. The average molecular weight is 321 g/mol. The minimum absolute atomic E-state index is 0.448. The van der Waals surface area contributed by atoms with Crippen LogP contribution in [-0.4, -0.2) is 42.9 Å². The number of hydrogen-bond acceptors (Lipinski definition) is 4. The van der Waals surface area contributed by atoms with Crippen LogP contribution >= 0.6 is 0 Å². The molecule has 4 nitrogen and oxygen atoms in total. The van der Waals surface area contributed by atoms with Crippen molar-refractivity contribution in [3.63, 3.8) is 0 Å². The highest BCUT2D eigenvalue weighted by molar-refractivity contribution is 5.44. The van der Waals surface area contributed by atoms with Gasteiger partial charge in [-0.3, -0.25) is 0 Å². The summed E-state index contributed by atoms with van der Waals surface area (Å²) in [5.74, 6) is 1.53. The second-order valence-electron chi connectivity index (χ2n) is 6.26. The molecule has 0 spiro atoms. The predicted molar refractivity (Wildman–Crippen MR) is 93.3 cm³/mol. The minimum atomic E-state index is -0.448. The number of unbranched alkanes of at least 4 members (excludes halogenated alkanes) is 2. The largest absolute Gasteiger partial charge is 0.486 e. The zero-order valence-corrected chi connectivity index (χ0v) is 14.6. The number of ether oxygens (including phenoxy) is 2. The summed E-state index contributed by atoms with van der Waals surface area (Å²) in [5, 5.41) is 10.5. The summed E-state index contributed by atoms with van der Waals surface area (Å²) in [7, 11) is 0. The lowest BCUT2D eigenvalue weighted by atomic mass is 10.1. The summed E-state index contributed by atoms with van der Waals surface area (Å²) in [6, 6.07) is 5.77. The second-order valence-corrected chi connectivity index (χ2v) is 6.26. The van der Waals surface area contributed by atoms with Crippen LogP contribution in [0.3, 0.4) is 0 Å². The first-order valence-electron chi connectivity index (χ1n) is 9.04. The highest BCUT2D eigenvalue weighted by Crippen LogP contribution is 2.33. The topological polar surface area (TPSA) is 41.9 Å². The minimum Gasteiger partial charge on any atom is -0.486 e. The van der Waals surface area contributed by atoms with Crippen LogP contribution in [0, 0.1) is 0 Å². The van der Waals surface area contributed by atoms with E-state index in [9.17, 15) is 5.11 Å². The molecule has 1 aromatic carbocycles. The fourth-order valence-electron chi connectivity index (χ4n) is 2.84. The van der Waals surface area contributed by atoms with Gasteiger partial charge in [0.15, 0.2) is 11.5 Å². The van der Waals surface area contributed by atoms with Gasteiger partial charge in [-0.25, -0.2) is 0 Å². The third-order valence-electron chi connectivity index (χ3n) is 4.33. The molecule has 1 heterocycles. The van der Waals surface area contributed by atoms with Crippen LogP contribution in [0.1, 0.15) is 57.6 Å². The number of aliphatic hydroxyl groups excluding tert-OH is 1. The first-order valence-corrected chi connectivity index (χ1v) is 9.04. The Morgan fingerprint density at radius 2 is 1.65 bits per heavy atom. The van der Waals surface area contributed by atoms with Gasteiger partial charge in [0, 0.05) is 6.54 Å². The monoisotopic (exact) mass is 321 g/mol. The molecule has 130 valence electrons. The van der Waals surface area contributed by atoms with Gasteiger partial charge >= 0.3 is 0 Å². The van der Waals surface area contributed by atoms with E-state index in [1.54, 1.807) is 0 Å². The van der Waals surface area contributed by atoms with Gasteiger partial charge in [-0.1, -0.05) is 32.8 Å². The molecule has 0 fully saturated rings. The maximum absolute atomic E-state index is 10.5. The standard InChI is InChI=1S/C19H31NO3/c1-3-5-10-20(11-6-4-2)12-9-17(21)16-7-8-18-19(15-16)23-14-13-22-18/h7-8,15,17,21H,3-6,9-14H2,1-2H3. The SMILES string of the molecule is CCCCN(CCCC)CCC(O)c1ccc2c(c1)OCCO2. The Morgan fingerprint density at radius 3 is 2.30 bits per heavy atom. The van der Waals surface area contributed by atoms with Crippen molar-refractivity contribution in [1.82, 2.24) is 4.90 Å². The molecule has 1 aliphatic heterocycles. The van der Waals surface area contributed by atoms with Crippen molar-refractivity contribution in [2.45, 2.75) is 52.1 Å². The number of benzene rings is 1. The molecule has 0 aliphatic carbocycles. The summed E-state index contributed by atoms with van der Waals surface area (Å²) in [4.78, 5) is 2.48. The molecule has 0 saturated carbocycles. The molecule has 23 heavy (non-hydrogen) atoms. The zero-order valence-electron chi connectivity index (χ0n) is 14.6. The molecule has 4 heteroatoms. The number of aliphatic hydroxyl groups is 1. The van der Waals surface area contributed by atoms with E-state index in [0.717, 1.165) is 43.1 Å². The van der Waals surface area contributed by atoms with Crippen LogP contribution in [0.5, 0.6) is 11.5 Å². The van der Waals surface area contributed by atoms with Gasteiger partial charge in [-0.2, -0.15) is 0 Å².